The second-order valence-electron chi connectivity index (χ2n) is 7.07. The molecule has 1 aliphatic rings. The first kappa shape index (κ1) is 19.7. The zero-order chi connectivity index (χ0) is 20.2. The minimum absolute atomic E-state index is 0.0713. The van der Waals surface area contributed by atoms with Gasteiger partial charge in [-0.1, -0.05) is 29.4 Å². The summed E-state index contributed by atoms with van der Waals surface area (Å²) in [7, 11) is 0. The first-order chi connectivity index (χ1) is 14.1. The molecule has 0 radical (unpaired) electrons. The Bertz CT molecular complexity index is 1000. The number of carbonyl (C=O) groups is 1. The third kappa shape index (κ3) is 4.68. The van der Waals surface area contributed by atoms with Crippen LogP contribution in [-0.2, 0) is 4.74 Å². The number of carbonyl (C=O) groups excluding carboxylic acids is 1. The fourth-order valence-electron chi connectivity index (χ4n) is 3.15. The molecule has 3 heterocycles. The van der Waals surface area contributed by atoms with Crippen LogP contribution < -0.4 is 10.1 Å². The molecule has 0 unspecified atom stereocenters. The lowest BCUT2D eigenvalue weighted by atomic mass is 10.1. The second-order valence-corrected chi connectivity index (χ2v) is 8.04. The molecule has 0 bridgehead atoms. The van der Waals surface area contributed by atoms with Crippen LogP contribution in [0.4, 0.5) is 0 Å². The third-order valence-electron chi connectivity index (χ3n) is 4.67. The van der Waals surface area contributed by atoms with Crippen LogP contribution >= 0.6 is 11.3 Å². The van der Waals surface area contributed by atoms with Crippen LogP contribution in [0.2, 0.25) is 0 Å². The van der Waals surface area contributed by atoms with Crippen molar-refractivity contribution in [3.8, 4) is 5.19 Å². The summed E-state index contributed by atoms with van der Waals surface area (Å²) < 4.78 is 11.4. The molecule has 0 saturated carbocycles. The molecule has 4 rings (SSSR count). The summed E-state index contributed by atoms with van der Waals surface area (Å²) in [6.07, 6.45) is 3.89. The van der Waals surface area contributed by atoms with Crippen molar-refractivity contribution in [1.29, 1.82) is 0 Å². The van der Waals surface area contributed by atoms with E-state index in [1.165, 1.54) is 17.5 Å². The Morgan fingerprint density at radius 2 is 2.21 bits per heavy atom. The molecule has 1 N–H and O–H groups in total. The lowest BCUT2D eigenvalue weighted by molar-refractivity contribution is -0.00374. The van der Waals surface area contributed by atoms with Gasteiger partial charge in [-0.25, -0.2) is 4.98 Å². The van der Waals surface area contributed by atoms with Crippen LogP contribution in [0, 0.1) is 6.92 Å². The van der Waals surface area contributed by atoms with Crippen LogP contribution in [0.1, 0.15) is 53.3 Å². The smallest absolute Gasteiger partial charge is 0.294 e. The highest BCUT2D eigenvalue weighted by Crippen LogP contribution is 2.32. The molecule has 0 spiro atoms. The number of hydrogen-bond donors (Lipinski definition) is 1. The molecule has 1 aliphatic heterocycles. The number of fused-ring (bicyclic) bond motifs is 1. The SMILES string of the molecule is CCCOc1nnc([C@@H]2CC[C@@H](NC(=O)c3cnc4cc(C)ccc4n3)CO2)s1. The Morgan fingerprint density at radius 1 is 1.31 bits per heavy atom. The summed E-state index contributed by atoms with van der Waals surface area (Å²) >= 11 is 1.42. The summed E-state index contributed by atoms with van der Waals surface area (Å²) in [5.41, 5.74) is 2.91. The van der Waals surface area contributed by atoms with E-state index < -0.39 is 0 Å². The van der Waals surface area contributed by atoms with Crippen molar-refractivity contribution in [2.75, 3.05) is 13.2 Å². The standard InChI is InChI=1S/C20H23N5O3S/c1-3-8-27-20-25-24-19(29-20)17-7-5-13(11-28-17)22-18(26)16-10-21-15-9-12(2)4-6-14(15)23-16/h4,6,9-10,13,17H,3,5,7-8,11H2,1-2H3,(H,22,26)/t13-,17+/m1/s1. The number of rotatable bonds is 6. The Labute approximate surface area is 172 Å². The maximum absolute atomic E-state index is 12.6. The van der Waals surface area contributed by atoms with Gasteiger partial charge in [-0.2, -0.15) is 0 Å². The molecule has 9 heteroatoms. The first-order valence-corrected chi connectivity index (χ1v) is 10.6. The highest BCUT2D eigenvalue weighted by Gasteiger charge is 2.27. The minimum atomic E-state index is -0.238. The molecule has 1 fully saturated rings. The van der Waals surface area contributed by atoms with Crippen molar-refractivity contribution in [3.05, 3.63) is 40.7 Å². The molecule has 29 heavy (non-hydrogen) atoms. The van der Waals surface area contributed by atoms with Crippen LogP contribution in [-0.4, -0.2) is 45.3 Å². The number of benzene rings is 1. The molecule has 1 aromatic carbocycles. The van der Waals surface area contributed by atoms with Gasteiger partial charge in [0.05, 0.1) is 36.5 Å². The van der Waals surface area contributed by atoms with E-state index in [1.807, 2.05) is 32.0 Å². The van der Waals surface area contributed by atoms with Crippen molar-refractivity contribution in [1.82, 2.24) is 25.5 Å². The van der Waals surface area contributed by atoms with Crippen LogP contribution in [0.5, 0.6) is 5.19 Å². The highest BCUT2D eigenvalue weighted by molar-refractivity contribution is 7.13. The van der Waals surface area contributed by atoms with Crippen molar-refractivity contribution < 1.29 is 14.3 Å². The highest BCUT2D eigenvalue weighted by atomic mass is 32.1. The van der Waals surface area contributed by atoms with Gasteiger partial charge < -0.3 is 14.8 Å². The van der Waals surface area contributed by atoms with Gasteiger partial charge in [-0.15, -0.1) is 5.10 Å². The number of aromatic nitrogens is 4. The van der Waals surface area contributed by atoms with Gasteiger partial charge in [0.15, 0.2) is 0 Å². The fraction of sp³-hybridized carbons (Fsp3) is 0.450. The Balaban J connectivity index is 1.33. The number of nitrogens with zero attached hydrogens (tertiary/aromatic N) is 4. The number of ether oxygens (including phenoxy) is 2. The molecule has 1 amide bonds. The van der Waals surface area contributed by atoms with Crippen molar-refractivity contribution in [2.24, 2.45) is 0 Å². The number of hydrogen-bond acceptors (Lipinski definition) is 8. The molecule has 152 valence electrons. The van der Waals surface area contributed by atoms with E-state index in [9.17, 15) is 4.79 Å². The van der Waals surface area contributed by atoms with E-state index in [0.717, 1.165) is 35.4 Å². The number of nitrogens with one attached hydrogen (secondary N) is 1. The van der Waals surface area contributed by atoms with Crippen molar-refractivity contribution in [2.45, 2.75) is 45.3 Å². The van der Waals surface area contributed by atoms with Gasteiger partial charge in [0.1, 0.15) is 16.8 Å². The summed E-state index contributed by atoms with van der Waals surface area (Å²) in [6, 6.07) is 5.72. The number of amides is 1. The third-order valence-corrected chi connectivity index (χ3v) is 5.60. The molecule has 1 saturated heterocycles. The van der Waals surface area contributed by atoms with Gasteiger partial charge in [-0.3, -0.25) is 9.78 Å². The summed E-state index contributed by atoms with van der Waals surface area (Å²) in [4.78, 5) is 21.3. The maximum atomic E-state index is 12.6. The van der Waals surface area contributed by atoms with Gasteiger partial charge >= 0.3 is 0 Å². The minimum Gasteiger partial charge on any atom is -0.469 e. The summed E-state index contributed by atoms with van der Waals surface area (Å²) in [6.45, 7) is 5.09. The van der Waals surface area contributed by atoms with E-state index in [2.05, 4.69) is 25.5 Å². The largest absolute Gasteiger partial charge is 0.469 e. The van der Waals surface area contributed by atoms with E-state index in [1.54, 1.807) is 0 Å². The predicted octanol–water partition coefficient (Wildman–Crippen LogP) is 3.23. The molecular weight excluding hydrogens is 390 g/mol. The molecule has 8 nitrogen and oxygen atoms in total. The topological polar surface area (TPSA) is 99.1 Å². The van der Waals surface area contributed by atoms with E-state index in [-0.39, 0.29) is 18.1 Å². The zero-order valence-corrected chi connectivity index (χ0v) is 17.2. The van der Waals surface area contributed by atoms with Crippen LogP contribution in [0.15, 0.2) is 24.4 Å². The normalized spacial score (nSPS) is 19.2. The summed E-state index contributed by atoms with van der Waals surface area (Å²) in [5, 5.41) is 12.6. The Hall–Kier alpha value is -2.65. The maximum Gasteiger partial charge on any atom is 0.294 e. The summed E-state index contributed by atoms with van der Waals surface area (Å²) in [5.74, 6) is -0.238. The second kappa shape index (κ2) is 8.79. The van der Waals surface area contributed by atoms with Gasteiger partial charge in [0, 0.05) is 0 Å². The molecule has 2 atom stereocenters. The van der Waals surface area contributed by atoms with E-state index in [4.69, 9.17) is 9.47 Å². The predicted molar refractivity (Wildman–Crippen MR) is 109 cm³/mol. The van der Waals surface area contributed by atoms with Crippen LogP contribution in [0.3, 0.4) is 0 Å². The van der Waals surface area contributed by atoms with Crippen molar-refractivity contribution >= 4 is 28.3 Å². The lowest BCUT2D eigenvalue weighted by Gasteiger charge is -2.28. The lowest BCUT2D eigenvalue weighted by Crippen LogP contribution is -2.41. The molecule has 0 aliphatic carbocycles. The molecular formula is C20H23N5O3S. The first-order valence-electron chi connectivity index (χ1n) is 9.74. The average Bonchev–Trinajstić information content (AvgIpc) is 3.21. The average molecular weight is 414 g/mol. The molecule has 3 aromatic rings. The van der Waals surface area contributed by atoms with E-state index >= 15 is 0 Å². The van der Waals surface area contributed by atoms with Crippen molar-refractivity contribution in [3.63, 3.8) is 0 Å². The zero-order valence-electron chi connectivity index (χ0n) is 16.4. The monoisotopic (exact) mass is 413 g/mol. The van der Waals surface area contributed by atoms with Gasteiger partial charge in [0.25, 0.3) is 11.1 Å². The Kier molecular flexibility index (Phi) is 5.96. The molecule has 2 aromatic heterocycles. The number of aryl methyl sites for hydroxylation is 1. The quantitative estimate of drug-likeness (QED) is 0.662. The fourth-order valence-corrected chi connectivity index (χ4v) is 3.95. The van der Waals surface area contributed by atoms with Crippen LogP contribution in [0.25, 0.3) is 11.0 Å². The van der Waals surface area contributed by atoms with Gasteiger partial charge in [-0.05, 0) is 43.9 Å². The Morgan fingerprint density at radius 3 is 3.00 bits per heavy atom. The van der Waals surface area contributed by atoms with E-state index in [0.29, 0.717) is 29.6 Å². The van der Waals surface area contributed by atoms with Gasteiger partial charge in [0.2, 0.25) is 0 Å².